The standard InChI is InChI=1S/C9H15N3S/c1-9(5-3-2-4-6-9)7-11-12-8(10)13-7/h2-6H2,1H3,(H2,10,12). The zero-order valence-corrected chi connectivity index (χ0v) is 8.73. The van der Waals surface area contributed by atoms with Crippen molar-refractivity contribution in [1.82, 2.24) is 10.2 Å². The molecule has 1 fully saturated rings. The van der Waals surface area contributed by atoms with Crippen LogP contribution in [0.4, 0.5) is 5.13 Å². The first-order valence-electron chi connectivity index (χ1n) is 4.80. The summed E-state index contributed by atoms with van der Waals surface area (Å²) in [6, 6.07) is 0. The fourth-order valence-electron chi connectivity index (χ4n) is 2.02. The Balaban J connectivity index is 2.22. The van der Waals surface area contributed by atoms with Crippen molar-refractivity contribution < 1.29 is 0 Å². The molecular weight excluding hydrogens is 182 g/mol. The number of hydrogen-bond donors (Lipinski definition) is 1. The lowest BCUT2D eigenvalue weighted by molar-refractivity contribution is 0.317. The van der Waals surface area contributed by atoms with Crippen molar-refractivity contribution in [3.05, 3.63) is 5.01 Å². The molecule has 0 unspecified atom stereocenters. The average Bonchev–Trinajstić information content (AvgIpc) is 2.54. The number of rotatable bonds is 1. The number of aromatic nitrogens is 2. The highest BCUT2D eigenvalue weighted by atomic mass is 32.1. The van der Waals surface area contributed by atoms with Crippen molar-refractivity contribution in [2.75, 3.05) is 5.73 Å². The first kappa shape index (κ1) is 8.94. The van der Waals surface area contributed by atoms with E-state index < -0.39 is 0 Å². The summed E-state index contributed by atoms with van der Waals surface area (Å²) >= 11 is 1.55. The van der Waals surface area contributed by atoms with Crippen molar-refractivity contribution in [3.63, 3.8) is 0 Å². The van der Waals surface area contributed by atoms with Gasteiger partial charge in [0.15, 0.2) is 0 Å². The van der Waals surface area contributed by atoms with Crippen LogP contribution in [0.25, 0.3) is 0 Å². The molecule has 2 rings (SSSR count). The highest BCUT2D eigenvalue weighted by Gasteiger charge is 2.32. The van der Waals surface area contributed by atoms with Gasteiger partial charge in [-0.05, 0) is 12.8 Å². The van der Waals surface area contributed by atoms with Gasteiger partial charge in [-0.15, -0.1) is 10.2 Å². The Bertz CT molecular complexity index is 289. The van der Waals surface area contributed by atoms with Crippen LogP contribution >= 0.6 is 11.3 Å². The third kappa shape index (κ3) is 1.68. The molecule has 1 saturated carbocycles. The van der Waals surface area contributed by atoms with Crippen molar-refractivity contribution >= 4 is 16.5 Å². The van der Waals surface area contributed by atoms with E-state index in [2.05, 4.69) is 17.1 Å². The van der Waals surface area contributed by atoms with Gasteiger partial charge in [-0.1, -0.05) is 37.5 Å². The van der Waals surface area contributed by atoms with Crippen LogP contribution in [-0.2, 0) is 5.41 Å². The van der Waals surface area contributed by atoms with Crippen molar-refractivity contribution in [2.45, 2.75) is 44.4 Å². The molecule has 0 bridgehead atoms. The van der Waals surface area contributed by atoms with E-state index in [-0.39, 0.29) is 5.41 Å². The molecule has 1 aliphatic carbocycles. The Morgan fingerprint density at radius 3 is 2.46 bits per heavy atom. The molecule has 1 aromatic rings. The molecule has 1 heterocycles. The van der Waals surface area contributed by atoms with Gasteiger partial charge >= 0.3 is 0 Å². The van der Waals surface area contributed by atoms with Gasteiger partial charge in [0.1, 0.15) is 5.01 Å². The van der Waals surface area contributed by atoms with Crippen molar-refractivity contribution in [1.29, 1.82) is 0 Å². The SMILES string of the molecule is CC1(c2nnc(N)s2)CCCCC1. The van der Waals surface area contributed by atoms with Gasteiger partial charge in [0.05, 0.1) is 0 Å². The molecule has 4 heteroatoms. The summed E-state index contributed by atoms with van der Waals surface area (Å²) < 4.78 is 0. The zero-order chi connectivity index (χ0) is 9.31. The molecule has 13 heavy (non-hydrogen) atoms. The van der Waals surface area contributed by atoms with Crippen molar-refractivity contribution in [3.8, 4) is 0 Å². The van der Waals surface area contributed by atoms with E-state index in [1.54, 1.807) is 11.3 Å². The fourth-order valence-corrected chi connectivity index (χ4v) is 2.84. The maximum atomic E-state index is 5.59. The molecule has 0 saturated heterocycles. The Morgan fingerprint density at radius 1 is 1.23 bits per heavy atom. The molecular formula is C9H15N3S. The van der Waals surface area contributed by atoms with Crippen LogP contribution in [0.1, 0.15) is 44.0 Å². The van der Waals surface area contributed by atoms with E-state index in [0.717, 1.165) is 5.01 Å². The second kappa shape index (κ2) is 3.25. The van der Waals surface area contributed by atoms with Crippen LogP contribution < -0.4 is 5.73 Å². The molecule has 1 aromatic heterocycles. The van der Waals surface area contributed by atoms with E-state index in [4.69, 9.17) is 5.73 Å². The minimum absolute atomic E-state index is 0.257. The van der Waals surface area contributed by atoms with Crippen LogP contribution in [-0.4, -0.2) is 10.2 Å². The van der Waals surface area contributed by atoms with Gasteiger partial charge in [0.25, 0.3) is 0 Å². The molecule has 0 aliphatic heterocycles. The summed E-state index contributed by atoms with van der Waals surface area (Å²) in [5.41, 5.74) is 5.85. The van der Waals surface area contributed by atoms with E-state index in [1.165, 1.54) is 32.1 Å². The largest absolute Gasteiger partial charge is 0.374 e. The number of nitrogens with two attached hydrogens (primary N) is 1. The number of hydrogen-bond acceptors (Lipinski definition) is 4. The van der Waals surface area contributed by atoms with E-state index in [9.17, 15) is 0 Å². The average molecular weight is 197 g/mol. The fraction of sp³-hybridized carbons (Fsp3) is 0.778. The number of anilines is 1. The van der Waals surface area contributed by atoms with Crippen LogP contribution in [0.5, 0.6) is 0 Å². The van der Waals surface area contributed by atoms with Gasteiger partial charge in [0.2, 0.25) is 5.13 Å². The number of nitrogens with zero attached hydrogens (tertiary/aromatic N) is 2. The van der Waals surface area contributed by atoms with E-state index >= 15 is 0 Å². The summed E-state index contributed by atoms with van der Waals surface area (Å²) in [5, 5.41) is 9.77. The van der Waals surface area contributed by atoms with Crippen LogP contribution in [0.2, 0.25) is 0 Å². The highest BCUT2D eigenvalue weighted by molar-refractivity contribution is 7.15. The lowest BCUT2D eigenvalue weighted by atomic mass is 9.76. The summed E-state index contributed by atoms with van der Waals surface area (Å²) in [6.07, 6.45) is 6.47. The summed E-state index contributed by atoms with van der Waals surface area (Å²) in [6.45, 7) is 2.28. The third-order valence-corrected chi connectivity index (χ3v) is 3.97. The molecule has 1 aliphatic rings. The predicted octanol–water partition coefficient (Wildman–Crippen LogP) is 2.34. The van der Waals surface area contributed by atoms with E-state index in [0.29, 0.717) is 5.13 Å². The van der Waals surface area contributed by atoms with Crippen molar-refractivity contribution in [2.24, 2.45) is 0 Å². The molecule has 3 nitrogen and oxygen atoms in total. The minimum atomic E-state index is 0.257. The quantitative estimate of drug-likeness (QED) is 0.751. The molecule has 0 atom stereocenters. The highest BCUT2D eigenvalue weighted by Crippen LogP contribution is 2.40. The summed E-state index contributed by atoms with van der Waals surface area (Å²) in [7, 11) is 0. The maximum Gasteiger partial charge on any atom is 0.203 e. The lowest BCUT2D eigenvalue weighted by Crippen LogP contribution is -2.24. The maximum absolute atomic E-state index is 5.59. The first-order valence-corrected chi connectivity index (χ1v) is 5.62. The summed E-state index contributed by atoms with van der Waals surface area (Å²) in [5.74, 6) is 0. The van der Waals surface area contributed by atoms with Gasteiger partial charge < -0.3 is 5.73 Å². The molecule has 0 aromatic carbocycles. The lowest BCUT2D eigenvalue weighted by Gasteiger charge is -2.30. The molecule has 2 N–H and O–H groups in total. The molecule has 72 valence electrons. The Morgan fingerprint density at radius 2 is 1.92 bits per heavy atom. The Labute approximate surface area is 82.4 Å². The topological polar surface area (TPSA) is 51.8 Å². The van der Waals surface area contributed by atoms with Crippen LogP contribution in [0.15, 0.2) is 0 Å². The van der Waals surface area contributed by atoms with E-state index in [1.807, 2.05) is 0 Å². The summed E-state index contributed by atoms with van der Waals surface area (Å²) in [4.78, 5) is 0. The van der Waals surface area contributed by atoms with Gasteiger partial charge in [-0.2, -0.15) is 0 Å². The van der Waals surface area contributed by atoms with Crippen LogP contribution in [0, 0.1) is 0 Å². The minimum Gasteiger partial charge on any atom is -0.374 e. The van der Waals surface area contributed by atoms with Gasteiger partial charge in [-0.25, -0.2) is 0 Å². The van der Waals surface area contributed by atoms with Gasteiger partial charge in [-0.3, -0.25) is 0 Å². The first-order chi connectivity index (χ1) is 6.21. The Kier molecular flexibility index (Phi) is 2.24. The number of nitrogen functional groups attached to an aromatic ring is 1. The third-order valence-electron chi connectivity index (χ3n) is 2.91. The second-order valence-electron chi connectivity index (χ2n) is 4.07. The zero-order valence-electron chi connectivity index (χ0n) is 7.92. The molecule has 0 amide bonds. The van der Waals surface area contributed by atoms with Crippen LogP contribution in [0.3, 0.4) is 0 Å². The smallest absolute Gasteiger partial charge is 0.203 e. The van der Waals surface area contributed by atoms with Gasteiger partial charge in [0, 0.05) is 5.41 Å². The monoisotopic (exact) mass is 197 g/mol. The predicted molar refractivity (Wildman–Crippen MR) is 54.8 cm³/mol. The normalized spacial score (nSPS) is 21.6. The second-order valence-corrected chi connectivity index (χ2v) is 5.08. The molecule has 0 radical (unpaired) electrons. The Hall–Kier alpha value is -0.640. The molecule has 0 spiro atoms.